The molecule has 0 aromatic heterocycles. The number of hydrogen-bond donors (Lipinski definition) is 1. The van der Waals surface area contributed by atoms with E-state index in [4.69, 9.17) is 17.3 Å². The van der Waals surface area contributed by atoms with Gasteiger partial charge in [0, 0.05) is 17.1 Å². The smallest absolute Gasteiger partial charge is 0.244 e. The quantitative estimate of drug-likeness (QED) is 0.892. The molecule has 1 heterocycles. The second-order valence-corrected chi connectivity index (χ2v) is 8.02. The number of rotatable bonds is 3. The molecule has 4 nitrogen and oxygen atoms in total. The number of halogens is 2. The third-order valence-electron chi connectivity index (χ3n) is 3.42. The van der Waals surface area contributed by atoms with E-state index in [1.54, 1.807) is 12.1 Å². The average Bonchev–Trinajstić information content (AvgIpc) is 2.70. The van der Waals surface area contributed by atoms with Gasteiger partial charge in [-0.15, -0.1) is 0 Å². The second-order valence-electron chi connectivity index (χ2n) is 4.84. The van der Waals surface area contributed by atoms with Gasteiger partial charge in [-0.3, -0.25) is 0 Å². The fourth-order valence-corrected chi connectivity index (χ4v) is 5.16. The standard InChI is InChI=1S/C12H16BrClN2O2S/c1-8-4-9(6-15)7-16(8)19(17,18)12-3-2-10(13)5-11(12)14/h2-3,5,8-9H,4,6-7,15H2,1H3. The van der Waals surface area contributed by atoms with Crippen LogP contribution in [0.2, 0.25) is 5.02 Å². The molecule has 1 aromatic rings. The van der Waals surface area contributed by atoms with Crippen molar-refractivity contribution in [1.82, 2.24) is 4.31 Å². The Morgan fingerprint density at radius 3 is 2.74 bits per heavy atom. The van der Waals surface area contributed by atoms with Crippen molar-refractivity contribution in [3.8, 4) is 0 Å². The lowest BCUT2D eigenvalue weighted by Crippen LogP contribution is -2.34. The molecule has 0 saturated carbocycles. The molecule has 2 rings (SSSR count). The zero-order valence-corrected chi connectivity index (χ0v) is 13.7. The average molecular weight is 368 g/mol. The lowest BCUT2D eigenvalue weighted by Gasteiger charge is -2.21. The van der Waals surface area contributed by atoms with E-state index in [-0.39, 0.29) is 21.9 Å². The predicted molar refractivity (Wildman–Crippen MR) is 79.7 cm³/mol. The van der Waals surface area contributed by atoms with Gasteiger partial charge in [-0.05, 0) is 44.0 Å². The Morgan fingerprint density at radius 1 is 1.53 bits per heavy atom. The first kappa shape index (κ1) is 15.3. The molecule has 2 unspecified atom stereocenters. The SMILES string of the molecule is CC1CC(CN)CN1S(=O)(=O)c1ccc(Br)cc1Cl. The predicted octanol–water partition coefficient (Wildman–Crippen LogP) is 2.46. The highest BCUT2D eigenvalue weighted by atomic mass is 79.9. The van der Waals surface area contributed by atoms with Crippen molar-refractivity contribution >= 4 is 37.6 Å². The highest BCUT2D eigenvalue weighted by Crippen LogP contribution is 2.33. The minimum atomic E-state index is -3.55. The van der Waals surface area contributed by atoms with Crippen LogP contribution in [0.25, 0.3) is 0 Å². The molecule has 1 saturated heterocycles. The van der Waals surface area contributed by atoms with Crippen LogP contribution < -0.4 is 5.73 Å². The van der Waals surface area contributed by atoms with E-state index < -0.39 is 10.0 Å². The van der Waals surface area contributed by atoms with E-state index >= 15 is 0 Å². The molecule has 106 valence electrons. The zero-order valence-electron chi connectivity index (χ0n) is 10.5. The van der Waals surface area contributed by atoms with Crippen LogP contribution in [0.4, 0.5) is 0 Å². The Kier molecular flexibility index (Phi) is 4.57. The summed E-state index contributed by atoms with van der Waals surface area (Å²) in [5.74, 6) is 0.221. The van der Waals surface area contributed by atoms with Crippen molar-refractivity contribution in [2.75, 3.05) is 13.1 Å². The third-order valence-corrected chi connectivity index (χ3v) is 6.37. The maximum Gasteiger partial charge on any atom is 0.244 e. The zero-order chi connectivity index (χ0) is 14.2. The van der Waals surface area contributed by atoms with Crippen molar-refractivity contribution in [2.45, 2.75) is 24.3 Å². The van der Waals surface area contributed by atoms with E-state index in [1.807, 2.05) is 6.92 Å². The van der Waals surface area contributed by atoms with Gasteiger partial charge >= 0.3 is 0 Å². The molecule has 1 aliphatic rings. The summed E-state index contributed by atoms with van der Waals surface area (Å²) in [6.45, 7) is 2.87. The first-order valence-corrected chi connectivity index (χ1v) is 8.64. The van der Waals surface area contributed by atoms with Crippen molar-refractivity contribution in [2.24, 2.45) is 11.7 Å². The minimum Gasteiger partial charge on any atom is -0.330 e. The maximum absolute atomic E-state index is 12.6. The molecule has 1 aliphatic heterocycles. The second kappa shape index (κ2) is 5.69. The Balaban J connectivity index is 2.37. The van der Waals surface area contributed by atoms with Crippen LogP contribution in [0.15, 0.2) is 27.6 Å². The molecule has 1 fully saturated rings. The van der Waals surface area contributed by atoms with Gasteiger partial charge in [0.1, 0.15) is 4.90 Å². The van der Waals surface area contributed by atoms with E-state index in [2.05, 4.69) is 15.9 Å². The normalized spacial score (nSPS) is 24.8. The Hall–Kier alpha value is -0.140. The Bertz CT molecular complexity index is 579. The maximum atomic E-state index is 12.6. The van der Waals surface area contributed by atoms with E-state index in [0.717, 1.165) is 10.9 Å². The lowest BCUT2D eigenvalue weighted by atomic mass is 10.1. The fraction of sp³-hybridized carbons (Fsp3) is 0.500. The highest BCUT2D eigenvalue weighted by molar-refractivity contribution is 9.10. The van der Waals surface area contributed by atoms with Gasteiger partial charge in [0.25, 0.3) is 0 Å². The van der Waals surface area contributed by atoms with Crippen molar-refractivity contribution < 1.29 is 8.42 Å². The van der Waals surface area contributed by atoms with Crippen LogP contribution in [0.3, 0.4) is 0 Å². The topological polar surface area (TPSA) is 63.4 Å². The molecule has 19 heavy (non-hydrogen) atoms. The van der Waals surface area contributed by atoms with Crippen LogP contribution in [-0.2, 0) is 10.0 Å². The minimum absolute atomic E-state index is 0.0433. The van der Waals surface area contributed by atoms with E-state index in [1.165, 1.54) is 10.4 Å². The number of nitrogens with zero attached hydrogens (tertiary/aromatic N) is 1. The largest absolute Gasteiger partial charge is 0.330 e. The Labute approximate surface area is 127 Å². The molecule has 7 heteroatoms. The number of hydrogen-bond acceptors (Lipinski definition) is 3. The summed E-state index contributed by atoms with van der Waals surface area (Å²) in [4.78, 5) is 0.155. The monoisotopic (exact) mass is 366 g/mol. The van der Waals surface area contributed by atoms with Crippen molar-refractivity contribution in [3.63, 3.8) is 0 Å². The molecule has 0 radical (unpaired) electrons. The molecule has 1 aromatic carbocycles. The van der Waals surface area contributed by atoms with Crippen LogP contribution in [0.1, 0.15) is 13.3 Å². The highest BCUT2D eigenvalue weighted by Gasteiger charge is 2.38. The summed E-state index contributed by atoms with van der Waals surface area (Å²) in [5, 5.41) is 0.234. The van der Waals surface area contributed by atoms with Gasteiger partial charge in [-0.2, -0.15) is 4.31 Å². The van der Waals surface area contributed by atoms with Crippen LogP contribution >= 0.6 is 27.5 Å². The van der Waals surface area contributed by atoms with Crippen LogP contribution in [0.5, 0.6) is 0 Å². The molecule has 2 N–H and O–H groups in total. The molecule has 0 amide bonds. The van der Waals surface area contributed by atoms with Crippen LogP contribution in [0, 0.1) is 5.92 Å². The van der Waals surface area contributed by atoms with Gasteiger partial charge in [-0.25, -0.2) is 8.42 Å². The summed E-state index contributed by atoms with van der Waals surface area (Å²) in [6, 6.07) is 4.76. The van der Waals surface area contributed by atoms with Gasteiger partial charge < -0.3 is 5.73 Å². The van der Waals surface area contributed by atoms with Gasteiger partial charge in [0.2, 0.25) is 10.0 Å². The van der Waals surface area contributed by atoms with Gasteiger partial charge in [0.15, 0.2) is 0 Å². The van der Waals surface area contributed by atoms with Crippen LogP contribution in [-0.4, -0.2) is 31.9 Å². The molecule has 2 atom stereocenters. The Morgan fingerprint density at radius 2 is 2.21 bits per heavy atom. The summed E-state index contributed by atoms with van der Waals surface area (Å²) in [5.41, 5.74) is 5.64. The van der Waals surface area contributed by atoms with Crippen molar-refractivity contribution in [1.29, 1.82) is 0 Å². The summed E-state index contributed by atoms with van der Waals surface area (Å²) in [7, 11) is -3.55. The molecule has 0 aliphatic carbocycles. The molecular formula is C12H16BrClN2O2S. The summed E-state index contributed by atoms with van der Waals surface area (Å²) < 4.78 is 27.5. The number of nitrogens with two attached hydrogens (primary N) is 1. The van der Waals surface area contributed by atoms with E-state index in [0.29, 0.717) is 13.1 Å². The fourth-order valence-electron chi connectivity index (χ4n) is 2.43. The van der Waals surface area contributed by atoms with Gasteiger partial charge in [0.05, 0.1) is 5.02 Å². The number of benzene rings is 1. The summed E-state index contributed by atoms with van der Waals surface area (Å²) in [6.07, 6.45) is 0.796. The lowest BCUT2D eigenvalue weighted by molar-refractivity contribution is 0.404. The molecule has 0 spiro atoms. The van der Waals surface area contributed by atoms with Crippen molar-refractivity contribution in [3.05, 3.63) is 27.7 Å². The van der Waals surface area contributed by atoms with E-state index in [9.17, 15) is 8.42 Å². The molecular weight excluding hydrogens is 352 g/mol. The first-order chi connectivity index (χ1) is 8.86. The summed E-state index contributed by atoms with van der Waals surface area (Å²) >= 11 is 9.32. The molecule has 0 bridgehead atoms. The number of sulfonamides is 1. The first-order valence-electron chi connectivity index (χ1n) is 6.03. The third kappa shape index (κ3) is 2.97. The van der Waals surface area contributed by atoms with Gasteiger partial charge in [-0.1, -0.05) is 27.5 Å².